The SMILES string of the molecule is FC(F)(F)c1cc(OCCBr)cc(C(F)(F)F)c1. The van der Waals surface area contributed by atoms with Crippen LogP contribution in [0.15, 0.2) is 18.2 Å². The van der Waals surface area contributed by atoms with Gasteiger partial charge in [0.15, 0.2) is 0 Å². The van der Waals surface area contributed by atoms with E-state index in [1.807, 2.05) is 0 Å². The van der Waals surface area contributed by atoms with E-state index in [4.69, 9.17) is 4.74 Å². The summed E-state index contributed by atoms with van der Waals surface area (Å²) in [5.41, 5.74) is -2.77. The van der Waals surface area contributed by atoms with Crippen LogP contribution in [0.25, 0.3) is 0 Å². The quantitative estimate of drug-likeness (QED) is 0.583. The lowest BCUT2D eigenvalue weighted by molar-refractivity contribution is -0.143. The first-order valence-electron chi connectivity index (χ1n) is 4.63. The van der Waals surface area contributed by atoms with Gasteiger partial charge in [0.1, 0.15) is 5.75 Å². The average molecular weight is 337 g/mol. The zero-order valence-electron chi connectivity index (χ0n) is 8.70. The molecule has 0 unspecified atom stereocenters. The fraction of sp³-hybridized carbons (Fsp3) is 0.400. The Balaban J connectivity index is 3.21. The standard InChI is InChI=1S/C10H7BrF6O/c11-1-2-18-8-4-6(9(12,13)14)3-7(5-8)10(15,16)17/h3-5H,1-2H2. The van der Waals surface area contributed by atoms with Crippen LogP contribution in [0.3, 0.4) is 0 Å². The summed E-state index contributed by atoms with van der Waals surface area (Å²) in [7, 11) is 0. The highest BCUT2D eigenvalue weighted by Crippen LogP contribution is 2.38. The second-order valence-corrected chi connectivity index (χ2v) is 4.07. The van der Waals surface area contributed by atoms with E-state index in [1.54, 1.807) is 0 Å². The molecule has 0 aliphatic carbocycles. The van der Waals surface area contributed by atoms with Gasteiger partial charge in [-0.1, -0.05) is 15.9 Å². The topological polar surface area (TPSA) is 9.23 Å². The van der Waals surface area contributed by atoms with Gasteiger partial charge in [-0.3, -0.25) is 0 Å². The molecule has 0 aromatic heterocycles. The molecular weight excluding hydrogens is 330 g/mol. The van der Waals surface area contributed by atoms with Gasteiger partial charge in [-0.05, 0) is 18.2 Å². The summed E-state index contributed by atoms with van der Waals surface area (Å²) in [6, 6.07) is 1.14. The molecule has 0 N–H and O–H groups in total. The second kappa shape index (κ2) is 5.38. The van der Waals surface area contributed by atoms with E-state index in [1.165, 1.54) is 0 Å². The molecule has 1 aromatic carbocycles. The first-order valence-corrected chi connectivity index (χ1v) is 5.75. The van der Waals surface area contributed by atoms with Crippen LogP contribution in [0.2, 0.25) is 0 Å². The first kappa shape index (κ1) is 15.1. The Morgan fingerprint density at radius 2 is 1.33 bits per heavy atom. The molecule has 102 valence electrons. The van der Waals surface area contributed by atoms with Crippen LogP contribution in [-0.2, 0) is 12.4 Å². The summed E-state index contributed by atoms with van der Waals surface area (Å²) in [5, 5.41) is 0.296. The molecule has 18 heavy (non-hydrogen) atoms. The predicted molar refractivity (Wildman–Crippen MR) is 55.7 cm³/mol. The Hall–Kier alpha value is -0.920. The van der Waals surface area contributed by atoms with Gasteiger partial charge in [0.05, 0.1) is 17.7 Å². The minimum Gasteiger partial charge on any atom is -0.493 e. The molecule has 1 aromatic rings. The molecule has 0 saturated carbocycles. The highest BCUT2D eigenvalue weighted by Gasteiger charge is 2.37. The summed E-state index contributed by atoms with van der Waals surface area (Å²) in [6.07, 6.45) is -9.71. The molecule has 0 atom stereocenters. The lowest BCUT2D eigenvalue weighted by atomic mass is 10.1. The summed E-state index contributed by atoms with van der Waals surface area (Å²) in [6.45, 7) is -0.0292. The summed E-state index contributed by atoms with van der Waals surface area (Å²) in [5.74, 6) is -0.461. The average Bonchev–Trinajstić information content (AvgIpc) is 2.23. The van der Waals surface area contributed by atoms with Crippen molar-refractivity contribution in [1.29, 1.82) is 0 Å². The zero-order valence-corrected chi connectivity index (χ0v) is 10.3. The fourth-order valence-corrected chi connectivity index (χ4v) is 1.33. The predicted octanol–water partition coefficient (Wildman–Crippen LogP) is 4.50. The molecule has 0 fully saturated rings. The lowest BCUT2D eigenvalue weighted by Crippen LogP contribution is -2.11. The highest BCUT2D eigenvalue weighted by atomic mass is 79.9. The van der Waals surface area contributed by atoms with E-state index in [0.717, 1.165) is 0 Å². The van der Waals surface area contributed by atoms with Crippen molar-refractivity contribution in [2.24, 2.45) is 0 Å². The number of halogens is 7. The Labute approximate surface area is 107 Å². The molecule has 0 bridgehead atoms. The Morgan fingerprint density at radius 3 is 1.67 bits per heavy atom. The molecule has 0 aliphatic rings. The minimum absolute atomic E-state index is 0.0292. The van der Waals surface area contributed by atoms with Crippen molar-refractivity contribution in [3.8, 4) is 5.75 Å². The monoisotopic (exact) mass is 336 g/mol. The third-order valence-corrected chi connectivity index (χ3v) is 2.23. The van der Waals surface area contributed by atoms with Crippen molar-refractivity contribution in [2.45, 2.75) is 12.4 Å². The van der Waals surface area contributed by atoms with Crippen molar-refractivity contribution < 1.29 is 31.1 Å². The van der Waals surface area contributed by atoms with E-state index in [-0.39, 0.29) is 12.7 Å². The van der Waals surface area contributed by atoms with Crippen LogP contribution in [0.5, 0.6) is 5.75 Å². The lowest BCUT2D eigenvalue weighted by Gasteiger charge is -2.14. The van der Waals surface area contributed by atoms with Crippen LogP contribution in [0.4, 0.5) is 26.3 Å². The maximum absolute atomic E-state index is 12.4. The van der Waals surface area contributed by atoms with Crippen LogP contribution < -0.4 is 4.74 Å². The van der Waals surface area contributed by atoms with Gasteiger partial charge in [0.25, 0.3) is 0 Å². The van der Waals surface area contributed by atoms with Gasteiger partial charge in [0, 0.05) is 5.33 Å². The molecule has 8 heteroatoms. The Kier molecular flexibility index (Phi) is 4.52. The number of hydrogen-bond acceptors (Lipinski definition) is 1. The third-order valence-electron chi connectivity index (χ3n) is 1.91. The maximum Gasteiger partial charge on any atom is 0.416 e. The van der Waals surface area contributed by atoms with Crippen LogP contribution >= 0.6 is 15.9 Å². The Bertz CT molecular complexity index is 380. The van der Waals surface area contributed by atoms with Crippen LogP contribution in [-0.4, -0.2) is 11.9 Å². The van der Waals surface area contributed by atoms with E-state index in [0.29, 0.717) is 17.5 Å². The number of rotatable bonds is 3. The Morgan fingerprint density at radius 1 is 0.889 bits per heavy atom. The third kappa shape index (κ3) is 4.08. The van der Waals surface area contributed by atoms with Gasteiger partial charge in [0.2, 0.25) is 0 Å². The van der Waals surface area contributed by atoms with Crippen molar-refractivity contribution in [3.63, 3.8) is 0 Å². The minimum atomic E-state index is -4.85. The molecule has 0 spiro atoms. The van der Waals surface area contributed by atoms with Crippen molar-refractivity contribution in [2.75, 3.05) is 11.9 Å². The summed E-state index contributed by atoms with van der Waals surface area (Å²) >= 11 is 2.95. The van der Waals surface area contributed by atoms with Gasteiger partial charge in [-0.25, -0.2) is 0 Å². The molecule has 1 rings (SSSR count). The van der Waals surface area contributed by atoms with E-state index < -0.39 is 29.2 Å². The first-order chi connectivity index (χ1) is 8.14. The molecule has 0 radical (unpaired) electrons. The molecule has 1 nitrogen and oxygen atoms in total. The fourth-order valence-electron chi connectivity index (χ4n) is 1.17. The van der Waals surface area contributed by atoms with Gasteiger partial charge in [-0.2, -0.15) is 26.3 Å². The zero-order chi connectivity index (χ0) is 14.0. The normalized spacial score (nSPS) is 12.6. The number of ether oxygens (including phenoxy) is 1. The van der Waals surface area contributed by atoms with E-state index in [9.17, 15) is 26.3 Å². The van der Waals surface area contributed by atoms with E-state index >= 15 is 0 Å². The van der Waals surface area contributed by atoms with E-state index in [2.05, 4.69) is 15.9 Å². The number of alkyl halides is 7. The summed E-state index contributed by atoms with van der Waals surface area (Å²) < 4.78 is 79.3. The van der Waals surface area contributed by atoms with Crippen molar-refractivity contribution in [3.05, 3.63) is 29.3 Å². The van der Waals surface area contributed by atoms with Gasteiger partial charge in [-0.15, -0.1) is 0 Å². The molecule has 0 amide bonds. The largest absolute Gasteiger partial charge is 0.493 e. The number of benzene rings is 1. The maximum atomic E-state index is 12.4. The molecule has 0 heterocycles. The van der Waals surface area contributed by atoms with Gasteiger partial charge >= 0.3 is 12.4 Å². The summed E-state index contributed by atoms with van der Waals surface area (Å²) in [4.78, 5) is 0. The number of hydrogen-bond donors (Lipinski definition) is 0. The molecular formula is C10H7BrF6O. The van der Waals surface area contributed by atoms with Crippen LogP contribution in [0.1, 0.15) is 11.1 Å². The van der Waals surface area contributed by atoms with Gasteiger partial charge < -0.3 is 4.74 Å². The van der Waals surface area contributed by atoms with Crippen molar-refractivity contribution in [1.82, 2.24) is 0 Å². The molecule has 0 aliphatic heterocycles. The molecule has 0 saturated heterocycles. The highest BCUT2D eigenvalue weighted by molar-refractivity contribution is 9.09. The second-order valence-electron chi connectivity index (χ2n) is 3.28. The van der Waals surface area contributed by atoms with Crippen molar-refractivity contribution >= 4 is 15.9 Å². The van der Waals surface area contributed by atoms with Crippen LogP contribution in [0, 0.1) is 0 Å². The smallest absolute Gasteiger partial charge is 0.416 e.